The van der Waals surface area contributed by atoms with E-state index in [-0.39, 0.29) is 6.04 Å². The van der Waals surface area contributed by atoms with Crippen LogP contribution < -0.4 is 10.6 Å². The van der Waals surface area contributed by atoms with Gasteiger partial charge in [-0.3, -0.25) is 0 Å². The predicted molar refractivity (Wildman–Crippen MR) is 98.6 cm³/mol. The second-order valence-corrected chi connectivity index (χ2v) is 6.68. The van der Waals surface area contributed by atoms with Crippen molar-refractivity contribution in [3.8, 4) is 0 Å². The smallest absolute Gasteiger partial charge is 0.172 e. The topological polar surface area (TPSA) is 37.0 Å². The van der Waals surface area contributed by atoms with Gasteiger partial charge < -0.3 is 10.6 Å². The van der Waals surface area contributed by atoms with Crippen molar-refractivity contribution in [2.75, 3.05) is 5.32 Å². The van der Waals surface area contributed by atoms with E-state index in [1.54, 1.807) is 6.20 Å². The number of anilines is 1. The summed E-state index contributed by atoms with van der Waals surface area (Å²) in [6.45, 7) is 4.07. The first-order valence-electron chi connectivity index (χ1n) is 6.42. The number of pyridine rings is 1. The minimum atomic E-state index is 0.126. The molecule has 0 aliphatic rings. The van der Waals surface area contributed by atoms with Crippen LogP contribution in [0.15, 0.2) is 45.5 Å². The first kappa shape index (κ1) is 16.4. The van der Waals surface area contributed by atoms with Crippen LogP contribution >= 0.6 is 44.1 Å². The third-order valence-corrected chi connectivity index (χ3v) is 5.07. The Bertz CT molecular complexity index is 647. The maximum atomic E-state index is 5.35. The molecule has 2 aromatic rings. The number of thiocarbonyl (C=S) groups is 1. The zero-order valence-electron chi connectivity index (χ0n) is 11.7. The highest BCUT2D eigenvalue weighted by Gasteiger charge is 2.11. The fraction of sp³-hybridized carbons (Fsp3) is 0.200. The molecule has 1 aromatic heterocycles. The Morgan fingerprint density at radius 2 is 1.90 bits per heavy atom. The Hall–Kier alpha value is -0.980. The lowest BCUT2D eigenvalue weighted by Gasteiger charge is -2.18. The number of nitrogens with zero attached hydrogens (tertiary/aromatic N) is 1. The molecule has 110 valence electrons. The Balaban J connectivity index is 2.04. The first-order valence-corrected chi connectivity index (χ1v) is 8.41. The Morgan fingerprint density at radius 1 is 1.24 bits per heavy atom. The number of hydrogen-bond donors (Lipinski definition) is 2. The number of nitrogens with one attached hydrogen (secondary N) is 2. The zero-order valence-corrected chi connectivity index (χ0v) is 15.6. The van der Waals surface area contributed by atoms with Crippen LogP contribution in [-0.4, -0.2) is 10.1 Å². The number of rotatable bonds is 3. The molecule has 0 radical (unpaired) electrons. The van der Waals surface area contributed by atoms with Crippen molar-refractivity contribution in [1.29, 1.82) is 0 Å². The number of halogens is 2. The summed E-state index contributed by atoms with van der Waals surface area (Å²) in [4.78, 5) is 4.33. The standard InChI is InChI=1S/C15H15Br2N3S/c1-9-12(16)8-18-14(13(9)17)20-15(21)19-10(2)11-6-4-3-5-7-11/h3-8,10H,1-2H3,(H2,18,19,20,21). The van der Waals surface area contributed by atoms with Crippen molar-refractivity contribution < 1.29 is 0 Å². The van der Waals surface area contributed by atoms with Gasteiger partial charge in [-0.15, -0.1) is 0 Å². The molecule has 0 fully saturated rings. The van der Waals surface area contributed by atoms with Crippen molar-refractivity contribution in [3.05, 3.63) is 56.6 Å². The van der Waals surface area contributed by atoms with E-state index in [1.807, 2.05) is 25.1 Å². The fourth-order valence-corrected chi connectivity index (χ4v) is 3.06. The monoisotopic (exact) mass is 427 g/mol. The third-order valence-electron chi connectivity index (χ3n) is 3.08. The minimum absolute atomic E-state index is 0.126. The number of aromatic nitrogens is 1. The average Bonchev–Trinajstić information content (AvgIpc) is 2.49. The van der Waals surface area contributed by atoms with E-state index in [0.29, 0.717) is 10.9 Å². The first-order chi connectivity index (χ1) is 9.99. The summed E-state index contributed by atoms with van der Waals surface area (Å²) >= 11 is 12.3. The molecule has 1 aromatic carbocycles. The van der Waals surface area contributed by atoms with Crippen LogP contribution in [0.4, 0.5) is 5.82 Å². The molecule has 21 heavy (non-hydrogen) atoms. The zero-order chi connectivity index (χ0) is 15.4. The van der Waals surface area contributed by atoms with Crippen molar-refractivity contribution in [2.24, 2.45) is 0 Å². The van der Waals surface area contributed by atoms with Gasteiger partial charge in [-0.2, -0.15) is 0 Å². The molecule has 0 saturated carbocycles. The number of hydrogen-bond acceptors (Lipinski definition) is 2. The van der Waals surface area contributed by atoms with E-state index in [4.69, 9.17) is 12.2 Å². The second-order valence-electron chi connectivity index (χ2n) is 4.62. The van der Waals surface area contributed by atoms with Crippen molar-refractivity contribution >= 4 is 55.0 Å². The summed E-state index contributed by atoms with van der Waals surface area (Å²) in [5.41, 5.74) is 2.26. The quantitative estimate of drug-likeness (QED) is 0.677. The van der Waals surface area contributed by atoms with E-state index in [1.165, 1.54) is 5.56 Å². The van der Waals surface area contributed by atoms with Crippen LogP contribution in [-0.2, 0) is 0 Å². The van der Waals surface area contributed by atoms with Gasteiger partial charge in [0, 0.05) is 10.7 Å². The molecule has 1 atom stereocenters. The van der Waals surface area contributed by atoms with Crippen LogP contribution in [0.2, 0.25) is 0 Å². The van der Waals surface area contributed by atoms with Gasteiger partial charge in [0.25, 0.3) is 0 Å². The van der Waals surface area contributed by atoms with E-state index in [2.05, 4.69) is 66.5 Å². The molecule has 2 N–H and O–H groups in total. The molecule has 3 nitrogen and oxygen atoms in total. The van der Waals surface area contributed by atoms with Gasteiger partial charge in [-0.05, 0) is 69.1 Å². The van der Waals surface area contributed by atoms with Gasteiger partial charge in [-0.1, -0.05) is 30.3 Å². The van der Waals surface area contributed by atoms with Crippen LogP contribution in [0.25, 0.3) is 0 Å². The molecular weight excluding hydrogens is 414 g/mol. The maximum absolute atomic E-state index is 5.35. The van der Waals surface area contributed by atoms with Gasteiger partial charge >= 0.3 is 0 Å². The molecule has 1 unspecified atom stereocenters. The molecule has 0 saturated heterocycles. The lowest BCUT2D eigenvalue weighted by Crippen LogP contribution is -2.31. The molecule has 0 aliphatic heterocycles. The van der Waals surface area contributed by atoms with Gasteiger partial charge in [0.2, 0.25) is 0 Å². The van der Waals surface area contributed by atoms with Crippen molar-refractivity contribution in [1.82, 2.24) is 10.3 Å². The summed E-state index contributed by atoms with van der Waals surface area (Å²) in [5.74, 6) is 0.702. The van der Waals surface area contributed by atoms with Crippen LogP contribution in [0, 0.1) is 6.92 Å². The highest BCUT2D eigenvalue weighted by Crippen LogP contribution is 2.29. The van der Waals surface area contributed by atoms with Gasteiger partial charge in [0.15, 0.2) is 5.11 Å². The van der Waals surface area contributed by atoms with Crippen molar-refractivity contribution in [3.63, 3.8) is 0 Å². The molecule has 0 amide bonds. The minimum Gasteiger partial charge on any atom is -0.356 e. The van der Waals surface area contributed by atoms with Gasteiger partial charge in [0.05, 0.1) is 10.5 Å². The van der Waals surface area contributed by atoms with Crippen LogP contribution in [0.5, 0.6) is 0 Å². The van der Waals surface area contributed by atoms with Gasteiger partial charge in [0.1, 0.15) is 5.82 Å². The molecule has 2 rings (SSSR count). The average molecular weight is 429 g/mol. The van der Waals surface area contributed by atoms with Crippen LogP contribution in [0.3, 0.4) is 0 Å². The molecule has 1 heterocycles. The lowest BCUT2D eigenvalue weighted by molar-refractivity contribution is 0.722. The molecule has 0 spiro atoms. The highest BCUT2D eigenvalue weighted by molar-refractivity contribution is 9.11. The largest absolute Gasteiger partial charge is 0.356 e. The van der Waals surface area contributed by atoms with E-state index < -0.39 is 0 Å². The van der Waals surface area contributed by atoms with Gasteiger partial charge in [-0.25, -0.2) is 4.98 Å². The Kier molecular flexibility index (Phi) is 5.72. The Morgan fingerprint density at radius 3 is 2.57 bits per heavy atom. The molecule has 0 bridgehead atoms. The summed E-state index contributed by atoms with van der Waals surface area (Å²) < 4.78 is 1.85. The summed E-state index contributed by atoms with van der Waals surface area (Å²) in [6, 6.07) is 10.3. The second kappa shape index (κ2) is 7.33. The summed E-state index contributed by atoms with van der Waals surface area (Å²) in [5, 5.41) is 6.92. The SMILES string of the molecule is Cc1c(Br)cnc(NC(=S)NC(C)c2ccccc2)c1Br. The fourth-order valence-electron chi connectivity index (χ4n) is 1.81. The number of benzene rings is 1. The summed E-state index contributed by atoms with van der Waals surface area (Å²) in [6.07, 6.45) is 1.76. The molecule has 0 aliphatic carbocycles. The van der Waals surface area contributed by atoms with Crippen molar-refractivity contribution in [2.45, 2.75) is 19.9 Å². The molecule has 6 heteroatoms. The predicted octanol–water partition coefficient (Wildman–Crippen LogP) is 4.96. The maximum Gasteiger partial charge on any atom is 0.172 e. The third kappa shape index (κ3) is 4.25. The normalized spacial score (nSPS) is 11.8. The lowest BCUT2D eigenvalue weighted by atomic mass is 10.1. The summed E-state index contributed by atoms with van der Waals surface area (Å²) in [7, 11) is 0. The van der Waals surface area contributed by atoms with E-state index >= 15 is 0 Å². The van der Waals surface area contributed by atoms with E-state index in [9.17, 15) is 0 Å². The van der Waals surface area contributed by atoms with E-state index in [0.717, 1.165) is 14.5 Å². The van der Waals surface area contributed by atoms with Crippen LogP contribution in [0.1, 0.15) is 24.1 Å². The highest BCUT2D eigenvalue weighted by atomic mass is 79.9. The Labute approximate surface area is 146 Å². The molecular formula is C15H15Br2N3S.